The fraction of sp³-hybridized carbons (Fsp3) is 0.714. The van der Waals surface area contributed by atoms with Gasteiger partial charge in [0.2, 0.25) is 0 Å². The Labute approximate surface area is 146 Å². The predicted molar refractivity (Wildman–Crippen MR) is 91.9 cm³/mol. The van der Waals surface area contributed by atoms with Crippen molar-refractivity contribution in [3.63, 3.8) is 0 Å². The highest BCUT2D eigenvalue weighted by molar-refractivity contribution is 14.0. The molecule has 1 saturated heterocycles. The van der Waals surface area contributed by atoms with Crippen LogP contribution in [0.3, 0.4) is 0 Å². The largest absolute Gasteiger partial charge is 0.354 e. The van der Waals surface area contributed by atoms with Gasteiger partial charge >= 0.3 is 6.55 Å². The van der Waals surface area contributed by atoms with E-state index in [1.54, 1.807) is 0 Å². The molecule has 1 N–H and O–H groups in total. The lowest BCUT2D eigenvalue weighted by molar-refractivity contribution is 0.0671. The summed E-state index contributed by atoms with van der Waals surface area (Å²) in [6.07, 6.45) is 7.94. The molecule has 8 heteroatoms. The van der Waals surface area contributed by atoms with Crippen molar-refractivity contribution < 1.29 is 8.78 Å². The molecule has 1 aromatic heterocycles. The molecule has 1 aliphatic carbocycles. The number of aromatic nitrogens is 2. The molecule has 0 aromatic carbocycles. The Bertz CT molecular complexity index is 495. The van der Waals surface area contributed by atoms with Crippen LogP contribution in [-0.2, 0) is 6.42 Å². The average Bonchev–Trinajstić information content (AvgIpc) is 2.96. The number of nitrogens with one attached hydrogen (secondary N) is 1. The number of aliphatic imine (C=N–C) groups is 1. The number of imidazole rings is 1. The lowest BCUT2D eigenvalue weighted by Gasteiger charge is -2.21. The van der Waals surface area contributed by atoms with Crippen LogP contribution in [0, 0.1) is 0 Å². The summed E-state index contributed by atoms with van der Waals surface area (Å²) in [6.45, 7) is 0.0121. The van der Waals surface area contributed by atoms with Crippen LogP contribution in [-0.4, -0.2) is 46.1 Å². The summed E-state index contributed by atoms with van der Waals surface area (Å²) in [6, 6.07) is 0.549. The van der Waals surface area contributed by atoms with Crippen LogP contribution >= 0.6 is 24.0 Å². The predicted octanol–water partition coefficient (Wildman–Crippen LogP) is 2.64. The smallest absolute Gasteiger partial charge is 0.319 e. The molecule has 2 aliphatic rings. The van der Waals surface area contributed by atoms with Crippen LogP contribution < -0.4 is 5.32 Å². The first-order chi connectivity index (χ1) is 10.2. The minimum atomic E-state index is -2.53. The van der Waals surface area contributed by atoms with E-state index in [0.29, 0.717) is 24.8 Å². The van der Waals surface area contributed by atoms with E-state index in [1.807, 2.05) is 0 Å². The fourth-order valence-corrected chi connectivity index (χ4v) is 2.55. The van der Waals surface area contributed by atoms with E-state index < -0.39 is 6.55 Å². The van der Waals surface area contributed by atoms with Crippen molar-refractivity contribution in [1.82, 2.24) is 19.8 Å². The number of hydrogen-bond acceptors (Lipinski definition) is 2. The molecule has 22 heavy (non-hydrogen) atoms. The molecule has 1 saturated carbocycles. The molecule has 0 spiro atoms. The van der Waals surface area contributed by atoms with E-state index in [2.05, 4.69) is 20.2 Å². The van der Waals surface area contributed by atoms with Gasteiger partial charge in [-0.3, -0.25) is 9.56 Å². The maximum atomic E-state index is 12.7. The first-order valence-corrected chi connectivity index (χ1v) is 7.60. The Morgan fingerprint density at radius 3 is 2.73 bits per heavy atom. The number of nitrogens with zero attached hydrogens (tertiary/aromatic N) is 4. The molecule has 0 amide bonds. The van der Waals surface area contributed by atoms with Gasteiger partial charge in [0.15, 0.2) is 5.96 Å². The minimum absolute atomic E-state index is 0. The number of hydrogen-bond donors (Lipinski definition) is 1. The Balaban J connectivity index is 0.00000176. The van der Waals surface area contributed by atoms with Crippen molar-refractivity contribution in [2.75, 3.05) is 19.6 Å². The van der Waals surface area contributed by atoms with Gasteiger partial charge in [-0.1, -0.05) is 0 Å². The van der Waals surface area contributed by atoms with Gasteiger partial charge in [-0.05, 0) is 25.7 Å². The first-order valence-electron chi connectivity index (χ1n) is 7.60. The third kappa shape index (κ3) is 4.53. The van der Waals surface area contributed by atoms with E-state index in [-0.39, 0.29) is 24.0 Å². The summed E-state index contributed by atoms with van der Waals surface area (Å²) in [4.78, 5) is 10.8. The second-order valence-electron chi connectivity index (χ2n) is 5.60. The molecule has 1 aromatic rings. The highest BCUT2D eigenvalue weighted by atomic mass is 127. The van der Waals surface area contributed by atoms with Gasteiger partial charge < -0.3 is 10.2 Å². The molecule has 2 fully saturated rings. The van der Waals surface area contributed by atoms with E-state index >= 15 is 0 Å². The maximum absolute atomic E-state index is 12.7. The molecule has 2 heterocycles. The van der Waals surface area contributed by atoms with Crippen molar-refractivity contribution in [1.29, 1.82) is 0 Å². The summed E-state index contributed by atoms with van der Waals surface area (Å²) < 4.78 is 26.4. The third-order valence-electron chi connectivity index (χ3n) is 3.87. The van der Waals surface area contributed by atoms with Gasteiger partial charge in [-0.15, -0.1) is 24.0 Å². The number of likely N-dealkylation sites (tertiary alicyclic amines) is 1. The Hall–Kier alpha value is -0.930. The van der Waals surface area contributed by atoms with Crippen molar-refractivity contribution in [2.24, 2.45) is 4.99 Å². The molecular weight excluding hydrogens is 403 g/mol. The van der Waals surface area contributed by atoms with Crippen LogP contribution in [0.25, 0.3) is 0 Å². The molecule has 124 valence electrons. The number of guanidine groups is 1. The minimum Gasteiger partial charge on any atom is -0.354 e. The van der Waals surface area contributed by atoms with Crippen LogP contribution in [0.5, 0.6) is 0 Å². The van der Waals surface area contributed by atoms with E-state index in [0.717, 1.165) is 23.6 Å². The van der Waals surface area contributed by atoms with Crippen LogP contribution in [0.2, 0.25) is 0 Å². The van der Waals surface area contributed by atoms with Crippen LogP contribution in [0.4, 0.5) is 8.78 Å². The fourth-order valence-electron chi connectivity index (χ4n) is 2.55. The molecule has 1 aliphatic heterocycles. The molecule has 0 atom stereocenters. The molecule has 3 rings (SSSR count). The van der Waals surface area contributed by atoms with Crippen molar-refractivity contribution in [3.05, 3.63) is 18.2 Å². The maximum Gasteiger partial charge on any atom is 0.319 e. The SMILES string of the molecule is FC(F)n1ccnc1CCN=C(NC1CC1)N1CCCC1.I. The van der Waals surface area contributed by atoms with Gasteiger partial charge in [0.1, 0.15) is 5.82 Å². The second-order valence-corrected chi connectivity index (χ2v) is 5.60. The molecular formula is C14H22F2IN5. The van der Waals surface area contributed by atoms with Crippen molar-refractivity contribution in [2.45, 2.75) is 44.7 Å². The topological polar surface area (TPSA) is 45.5 Å². The van der Waals surface area contributed by atoms with Crippen molar-refractivity contribution in [3.8, 4) is 0 Å². The Kier molecular flexibility index (Phi) is 6.39. The van der Waals surface area contributed by atoms with Crippen LogP contribution in [0.15, 0.2) is 17.4 Å². The lowest BCUT2D eigenvalue weighted by atomic mass is 10.4. The zero-order valence-corrected chi connectivity index (χ0v) is 14.7. The highest BCUT2D eigenvalue weighted by Crippen LogP contribution is 2.20. The normalized spacial score (nSPS) is 18.7. The quantitative estimate of drug-likeness (QED) is 0.448. The Morgan fingerprint density at radius 1 is 1.36 bits per heavy atom. The average molecular weight is 425 g/mol. The second kappa shape index (κ2) is 8.07. The summed E-state index contributed by atoms with van der Waals surface area (Å²) in [5.74, 6) is 1.33. The lowest BCUT2D eigenvalue weighted by Crippen LogP contribution is -2.41. The number of alkyl halides is 2. The number of halogens is 3. The van der Waals surface area contributed by atoms with E-state index in [1.165, 1.54) is 38.1 Å². The summed E-state index contributed by atoms with van der Waals surface area (Å²) >= 11 is 0. The highest BCUT2D eigenvalue weighted by Gasteiger charge is 2.25. The van der Waals surface area contributed by atoms with Gasteiger partial charge in [0.05, 0.1) is 0 Å². The van der Waals surface area contributed by atoms with Gasteiger partial charge in [-0.2, -0.15) is 8.78 Å². The summed E-state index contributed by atoms with van der Waals surface area (Å²) in [7, 11) is 0. The van der Waals surface area contributed by atoms with Gasteiger partial charge in [-0.25, -0.2) is 4.98 Å². The molecule has 0 radical (unpaired) electrons. The molecule has 0 unspecified atom stereocenters. The van der Waals surface area contributed by atoms with Gasteiger partial charge in [0.25, 0.3) is 0 Å². The first kappa shape index (κ1) is 17.4. The molecule has 5 nitrogen and oxygen atoms in total. The van der Waals surface area contributed by atoms with Gasteiger partial charge in [0, 0.05) is 44.5 Å². The van der Waals surface area contributed by atoms with E-state index in [4.69, 9.17) is 0 Å². The molecule has 0 bridgehead atoms. The zero-order valence-electron chi connectivity index (χ0n) is 12.4. The summed E-state index contributed by atoms with van der Waals surface area (Å²) in [5.41, 5.74) is 0. The van der Waals surface area contributed by atoms with Crippen molar-refractivity contribution >= 4 is 29.9 Å². The number of rotatable bonds is 5. The zero-order chi connectivity index (χ0) is 14.7. The summed E-state index contributed by atoms with van der Waals surface area (Å²) in [5, 5.41) is 3.45. The monoisotopic (exact) mass is 425 g/mol. The van der Waals surface area contributed by atoms with E-state index in [9.17, 15) is 8.78 Å². The third-order valence-corrected chi connectivity index (χ3v) is 3.87. The van der Waals surface area contributed by atoms with Crippen LogP contribution in [0.1, 0.15) is 38.1 Å². The standard InChI is InChI=1S/C14H21F2N5.HI/c15-13(16)21-10-7-17-12(21)5-6-18-14(19-11-3-4-11)20-8-1-2-9-20;/h7,10-11,13H,1-6,8-9H2,(H,18,19);1H. The Morgan fingerprint density at radius 2 is 2.09 bits per heavy atom.